The molecule has 5 heteroatoms. The summed E-state index contributed by atoms with van der Waals surface area (Å²) in [4.78, 5) is 14.9. The van der Waals surface area contributed by atoms with E-state index in [0.717, 1.165) is 44.8 Å². The van der Waals surface area contributed by atoms with Gasteiger partial charge in [0.25, 0.3) is 0 Å². The van der Waals surface area contributed by atoms with Crippen molar-refractivity contribution in [1.82, 2.24) is 10.2 Å². The molecule has 1 saturated carbocycles. The van der Waals surface area contributed by atoms with E-state index in [0.29, 0.717) is 12.0 Å². The zero-order valence-corrected chi connectivity index (χ0v) is 18.7. The van der Waals surface area contributed by atoms with Crippen molar-refractivity contribution in [3.63, 3.8) is 0 Å². The minimum atomic E-state index is -0.928. The van der Waals surface area contributed by atoms with Gasteiger partial charge in [-0.25, -0.2) is 8.78 Å². The summed E-state index contributed by atoms with van der Waals surface area (Å²) >= 11 is 0. The largest absolute Gasteiger partial charge is 0.350 e. The molecule has 2 fully saturated rings. The molecule has 1 N–H and O–H groups in total. The Morgan fingerprint density at radius 2 is 1.69 bits per heavy atom. The summed E-state index contributed by atoms with van der Waals surface area (Å²) in [6.07, 6.45) is 9.13. The van der Waals surface area contributed by atoms with Crippen LogP contribution in [0.15, 0.2) is 48.5 Å². The first-order valence-corrected chi connectivity index (χ1v) is 11.7. The third kappa shape index (κ3) is 5.44. The molecule has 1 heterocycles. The summed E-state index contributed by atoms with van der Waals surface area (Å²) in [5, 5.41) is 3.02. The lowest BCUT2D eigenvalue weighted by molar-refractivity contribution is -0.117. The average Bonchev–Trinajstić information content (AvgIpc) is 2.81. The number of halogens is 2. The number of aryl methyl sites for hydroxylation is 1. The van der Waals surface area contributed by atoms with Crippen molar-refractivity contribution in [2.24, 2.45) is 0 Å². The Hall–Kier alpha value is -2.53. The monoisotopic (exact) mass is 438 g/mol. The summed E-state index contributed by atoms with van der Waals surface area (Å²) in [7, 11) is 0. The lowest BCUT2D eigenvalue weighted by Crippen LogP contribution is -2.46. The fourth-order valence-electron chi connectivity index (χ4n) is 5.27. The number of carbonyl (C=O) groups is 1. The van der Waals surface area contributed by atoms with E-state index < -0.39 is 11.6 Å². The van der Waals surface area contributed by atoms with E-state index in [-0.39, 0.29) is 17.5 Å². The van der Waals surface area contributed by atoms with Gasteiger partial charge >= 0.3 is 0 Å². The zero-order chi connectivity index (χ0) is 22.5. The van der Waals surface area contributed by atoms with Crippen molar-refractivity contribution in [1.29, 1.82) is 0 Å². The molecule has 32 heavy (non-hydrogen) atoms. The number of rotatable bonds is 5. The molecule has 4 rings (SSSR count). The molecule has 2 aliphatic rings. The molecular formula is C27H32F2N2O. The number of likely N-dealkylation sites (tertiary alicyclic amines) is 1. The molecule has 1 aliphatic heterocycles. The summed E-state index contributed by atoms with van der Waals surface area (Å²) in [6, 6.07) is 13.4. The van der Waals surface area contributed by atoms with Crippen molar-refractivity contribution >= 4 is 12.0 Å². The van der Waals surface area contributed by atoms with Gasteiger partial charge in [-0.05, 0) is 87.7 Å². The van der Waals surface area contributed by atoms with Crippen LogP contribution in [0.25, 0.3) is 6.08 Å². The van der Waals surface area contributed by atoms with Crippen LogP contribution < -0.4 is 5.32 Å². The number of amides is 1. The van der Waals surface area contributed by atoms with Crippen molar-refractivity contribution in [2.75, 3.05) is 13.1 Å². The van der Waals surface area contributed by atoms with Gasteiger partial charge in [0.2, 0.25) is 5.91 Å². The zero-order valence-electron chi connectivity index (χ0n) is 18.7. The molecule has 0 spiro atoms. The van der Waals surface area contributed by atoms with Crippen molar-refractivity contribution in [3.8, 4) is 0 Å². The van der Waals surface area contributed by atoms with Crippen LogP contribution in [0, 0.1) is 18.6 Å². The van der Waals surface area contributed by atoms with E-state index in [1.54, 1.807) is 0 Å². The Morgan fingerprint density at radius 1 is 0.969 bits per heavy atom. The van der Waals surface area contributed by atoms with E-state index in [9.17, 15) is 13.6 Å². The maximum Gasteiger partial charge on any atom is 0.244 e. The molecule has 1 amide bonds. The van der Waals surface area contributed by atoms with Crippen molar-refractivity contribution in [2.45, 2.75) is 63.5 Å². The molecular weight excluding hydrogens is 406 g/mol. The van der Waals surface area contributed by atoms with E-state index in [1.165, 1.54) is 48.3 Å². The van der Waals surface area contributed by atoms with Gasteiger partial charge in [-0.1, -0.05) is 36.4 Å². The lowest BCUT2D eigenvalue weighted by Gasteiger charge is -2.41. The Labute approximate surface area is 189 Å². The number of carbonyl (C=O) groups excluding carboxylic acids is 1. The van der Waals surface area contributed by atoms with Gasteiger partial charge in [-0.2, -0.15) is 0 Å². The van der Waals surface area contributed by atoms with Gasteiger partial charge in [-0.3, -0.25) is 4.79 Å². The van der Waals surface area contributed by atoms with Crippen molar-refractivity contribution < 1.29 is 13.6 Å². The smallest absolute Gasteiger partial charge is 0.244 e. The highest BCUT2D eigenvalue weighted by atomic mass is 19.2. The standard InChI is InChI=1S/C27H32F2N2O/c1-19-5-2-3-7-24(19)20-15-17-31(18-16-20)23-12-10-22(11-13-23)30-26(32)14-9-21-6-4-8-25(28)27(21)29/h2-9,14,20,22-23H,10-13,15-18H2,1H3,(H,30,32)/b14-9+. The number of hydrogen-bond acceptors (Lipinski definition) is 2. The summed E-state index contributed by atoms with van der Waals surface area (Å²) in [5.74, 6) is -1.42. The first kappa shape index (κ1) is 22.7. The van der Waals surface area contributed by atoms with Crippen LogP contribution in [0.3, 0.4) is 0 Å². The quantitative estimate of drug-likeness (QED) is 0.617. The van der Waals surface area contributed by atoms with Gasteiger partial charge in [0, 0.05) is 23.7 Å². The predicted octanol–water partition coefficient (Wildman–Crippen LogP) is 5.59. The Bertz CT molecular complexity index is 958. The second-order valence-corrected chi connectivity index (χ2v) is 9.16. The number of nitrogens with one attached hydrogen (secondary N) is 1. The van der Waals surface area contributed by atoms with Crippen LogP contribution >= 0.6 is 0 Å². The molecule has 0 atom stereocenters. The first-order chi connectivity index (χ1) is 15.5. The molecule has 1 saturated heterocycles. The Kier molecular flexibility index (Phi) is 7.36. The molecule has 2 aromatic rings. The first-order valence-electron chi connectivity index (χ1n) is 11.7. The molecule has 3 nitrogen and oxygen atoms in total. The summed E-state index contributed by atoms with van der Waals surface area (Å²) in [6.45, 7) is 4.49. The van der Waals surface area contributed by atoms with Crippen LogP contribution in [-0.4, -0.2) is 36.0 Å². The highest BCUT2D eigenvalue weighted by Gasteiger charge is 2.30. The second-order valence-electron chi connectivity index (χ2n) is 9.16. The number of nitrogens with zero attached hydrogens (tertiary/aromatic N) is 1. The Morgan fingerprint density at radius 3 is 2.41 bits per heavy atom. The average molecular weight is 439 g/mol. The van der Waals surface area contributed by atoms with Gasteiger partial charge < -0.3 is 10.2 Å². The molecule has 2 aromatic carbocycles. The van der Waals surface area contributed by atoms with E-state index in [2.05, 4.69) is 41.4 Å². The molecule has 0 aromatic heterocycles. The highest BCUT2D eigenvalue weighted by Crippen LogP contribution is 2.33. The summed E-state index contributed by atoms with van der Waals surface area (Å²) in [5.41, 5.74) is 2.99. The Balaban J connectivity index is 1.22. The molecule has 0 radical (unpaired) electrons. The number of benzene rings is 2. The fraction of sp³-hybridized carbons (Fsp3) is 0.444. The SMILES string of the molecule is Cc1ccccc1C1CCN(C2CCC(NC(=O)/C=C/c3cccc(F)c3F)CC2)CC1. The van der Waals surface area contributed by atoms with Crippen LogP contribution in [0.4, 0.5) is 8.78 Å². The molecule has 0 unspecified atom stereocenters. The third-order valence-corrected chi connectivity index (χ3v) is 7.11. The number of hydrogen-bond donors (Lipinski definition) is 1. The second kappa shape index (κ2) is 10.4. The number of piperidine rings is 1. The van der Waals surface area contributed by atoms with Gasteiger partial charge in [-0.15, -0.1) is 0 Å². The summed E-state index contributed by atoms with van der Waals surface area (Å²) < 4.78 is 27.0. The van der Waals surface area contributed by atoms with Crippen LogP contribution in [-0.2, 0) is 4.79 Å². The molecule has 170 valence electrons. The van der Waals surface area contributed by atoms with Gasteiger partial charge in [0.15, 0.2) is 11.6 Å². The van der Waals surface area contributed by atoms with Crippen molar-refractivity contribution in [3.05, 3.63) is 76.9 Å². The normalized spacial score (nSPS) is 22.8. The maximum atomic E-state index is 13.7. The van der Waals surface area contributed by atoms with E-state index in [1.807, 2.05) is 0 Å². The predicted molar refractivity (Wildman–Crippen MR) is 124 cm³/mol. The minimum absolute atomic E-state index is 0.0814. The van der Waals surface area contributed by atoms with Crippen LogP contribution in [0.1, 0.15) is 61.1 Å². The maximum absolute atomic E-state index is 13.7. The topological polar surface area (TPSA) is 32.3 Å². The fourth-order valence-corrected chi connectivity index (χ4v) is 5.27. The molecule has 1 aliphatic carbocycles. The minimum Gasteiger partial charge on any atom is -0.350 e. The van der Waals surface area contributed by atoms with Crippen LogP contribution in [0.5, 0.6) is 0 Å². The van der Waals surface area contributed by atoms with E-state index in [4.69, 9.17) is 0 Å². The molecule has 0 bridgehead atoms. The highest BCUT2D eigenvalue weighted by molar-refractivity contribution is 5.91. The lowest BCUT2D eigenvalue weighted by atomic mass is 9.84. The van der Waals surface area contributed by atoms with E-state index >= 15 is 0 Å². The van der Waals surface area contributed by atoms with Gasteiger partial charge in [0.1, 0.15) is 0 Å². The van der Waals surface area contributed by atoms with Gasteiger partial charge in [0.05, 0.1) is 0 Å². The third-order valence-electron chi connectivity index (χ3n) is 7.11. The van der Waals surface area contributed by atoms with Crippen LogP contribution in [0.2, 0.25) is 0 Å².